The molecule has 2 atom stereocenters. The predicted octanol–water partition coefficient (Wildman–Crippen LogP) is 14.7. The second-order valence-electron chi connectivity index (χ2n) is 17.2. The number of nitrogens with zero attached hydrogens (tertiary/aromatic N) is 2. The summed E-state index contributed by atoms with van der Waals surface area (Å²) < 4.78 is 0. The highest BCUT2D eigenvalue weighted by Crippen LogP contribution is 2.48. The van der Waals surface area contributed by atoms with Crippen LogP contribution < -0.4 is 9.80 Å². The number of rotatable bonds is 29. The van der Waals surface area contributed by atoms with Gasteiger partial charge in [0.1, 0.15) is 0 Å². The van der Waals surface area contributed by atoms with Crippen LogP contribution in [-0.2, 0) is 22.4 Å². The zero-order valence-electron chi connectivity index (χ0n) is 36.4. The Labute approximate surface area is 338 Å². The van der Waals surface area contributed by atoms with Gasteiger partial charge in [0, 0.05) is 24.2 Å². The van der Waals surface area contributed by atoms with E-state index >= 15 is 9.59 Å². The summed E-state index contributed by atoms with van der Waals surface area (Å²) in [4.78, 5) is 34.3. The molecule has 2 unspecified atom stereocenters. The molecular formula is C51H80N2O2. The van der Waals surface area contributed by atoms with Gasteiger partial charge in [0.05, 0.1) is 22.5 Å². The van der Waals surface area contributed by atoms with Crippen LogP contribution in [0.3, 0.4) is 0 Å². The number of fused-ring (bicyclic) bond motifs is 2. The summed E-state index contributed by atoms with van der Waals surface area (Å²) in [5, 5.41) is 0. The number of hydrogen-bond donors (Lipinski definition) is 0. The van der Waals surface area contributed by atoms with E-state index in [2.05, 4.69) is 87.7 Å². The largest absolute Gasteiger partial charge is 0.307 e. The summed E-state index contributed by atoms with van der Waals surface area (Å²) in [5.74, 6) is 1.00. The van der Waals surface area contributed by atoms with Crippen molar-refractivity contribution in [3.8, 4) is 0 Å². The Morgan fingerprint density at radius 1 is 0.418 bits per heavy atom. The van der Waals surface area contributed by atoms with Gasteiger partial charge in [0.2, 0.25) is 0 Å². The summed E-state index contributed by atoms with van der Waals surface area (Å²) in [6, 6.07) is 13.2. The molecule has 2 aliphatic rings. The molecule has 0 saturated heterocycles. The molecule has 4 rings (SSSR count). The third-order valence-electron chi connectivity index (χ3n) is 12.7. The van der Waals surface area contributed by atoms with Gasteiger partial charge in [-0.15, -0.1) is 0 Å². The van der Waals surface area contributed by atoms with Crippen LogP contribution in [0, 0.1) is 11.8 Å². The molecule has 0 fully saturated rings. The Morgan fingerprint density at radius 2 is 0.727 bits per heavy atom. The van der Waals surface area contributed by atoms with E-state index < -0.39 is 0 Å². The van der Waals surface area contributed by atoms with Crippen molar-refractivity contribution in [2.75, 3.05) is 22.9 Å². The van der Waals surface area contributed by atoms with Crippen LogP contribution in [0.25, 0.3) is 11.1 Å². The maximum absolute atomic E-state index is 15.0. The number of hydrogen-bond acceptors (Lipinski definition) is 2. The first-order chi connectivity index (χ1) is 26.9. The summed E-state index contributed by atoms with van der Waals surface area (Å²) in [6.45, 7) is 15.0. The quantitative estimate of drug-likeness (QED) is 0.0613. The van der Waals surface area contributed by atoms with Crippen molar-refractivity contribution >= 4 is 34.3 Å². The Kier molecular flexibility index (Phi) is 20.1. The molecule has 0 aromatic heterocycles. The highest BCUT2D eigenvalue weighted by molar-refractivity contribution is 6.49. The fourth-order valence-electron chi connectivity index (χ4n) is 9.17. The normalized spacial score (nSPS) is 16.3. The fraction of sp³-hybridized carbons (Fsp3) is 0.686. The smallest absolute Gasteiger partial charge is 0.259 e. The zero-order chi connectivity index (χ0) is 39.4. The average Bonchev–Trinajstić information content (AvgIpc) is 3.62. The van der Waals surface area contributed by atoms with Gasteiger partial charge in [-0.25, -0.2) is 0 Å². The lowest BCUT2D eigenvalue weighted by Gasteiger charge is -2.25. The van der Waals surface area contributed by atoms with Gasteiger partial charge in [-0.2, -0.15) is 0 Å². The lowest BCUT2D eigenvalue weighted by molar-refractivity contribution is -0.114. The van der Waals surface area contributed by atoms with Crippen molar-refractivity contribution in [3.05, 3.63) is 58.7 Å². The molecule has 0 spiro atoms. The van der Waals surface area contributed by atoms with E-state index in [0.29, 0.717) is 23.0 Å². The minimum atomic E-state index is 0.0340. The molecule has 4 nitrogen and oxygen atoms in total. The molecule has 2 aromatic carbocycles. The number of benzene rings is 2. The Hall–Kier alpha value is -2.88. The molecule has 0 bridgehead atoms. The van der Waals surface area contributed by atoms with E-state index in [4.69, 9.17) is 0 Å². The van der Waals surface area contributed by atoms with Gasteiger partial charge in [-0.1, -0.05) is 188 Å². The fourth-order valence-corrected chi connectivity index (χ4v) is 9.17. The topological polar surface area (TPSA) is 40.6 Å². The average molecular weight is 753 g/mol. The second kappa shape index (κ2) is 24.7. The van der Waals surface area contributed by atoms with Crippen molar-refractivity contribution in [1.82, 2.24) is 0 Å². The third kappa shape index (κ3) is 12.8. The summed E-state index contributed by atoms with van der Waals surface area (Å²) in [5.41, 5.74) is 7.71. The van der Waals surface area contributed by atoms with E-state index in [0.717, 1.165) is 48.4 Å². The van der Waals surface area contributed by atoms with E-state index in [1.165, 1.54) is 159 Å². The van der Waals surface area contributed by atoms with E-state index in [1.54, 1.807) is 0 Å². The van der Waals surface area contributed by atoms with Crippen LogP contribution in [0.15, 0.2) is 36.4 Å². The van der Waals surface area contributed by atoms with Gasteiger partial charge in [0.25, 0.3) is 11.8 Å². The first-order valence-corrected chi connectivity index (χ1v) is 23.6. The second-order valence-corrected chi connectivity index (χ2v) is 17.2. The lowest BCUT2D eigenvalue weighted by Crippen LogP contribution is -2.34. The van der Waals surface area contributed by atoms with Crippen LogP contribution in [0.5, 0.6) is 0 Å². The third-order valence-corrected chi connectivity index (χ3v) is 12.7. The van der Waals surface area contributed by atoms with Gasteiger partial charge in [0.15, 0.2) is 0 Å². The summed E-state index contributed by atoms with van der Waals surface area (Å²) in [6.07, 6.45) is 30.7. The Bertz CT molecular complexity index is 1490. The molecular weight excluding hydrogens is 673 g/mol. The number of carbonyl (C=O) groups is 2. The maximum Gasteiger partial charge on any atom is 0.259 e. The van der Waals surface area contributed by atoms with Gasteiger partial charge in [-0.05, 0) is 73.6 Å². The minimum Gasteiger partial charge on any atom is -0.307 e. The zero-order valence-corrected chi connectivity index (χ0v) is 36.4. The number of aryl methyl sites for hydroxylation is 2. The van der Waals surface area contributed by atoms with Crippen molar-refractivity contribution in [3.63, 3.8) is 0 Å². The first kappa shape index (κ1) is 44.8. The first-order valence-electron chi connectivity index (χ1n) is 23.6. The highest BCUT2D eigenvalue weighted by Gasteiger charge is 2.43. The number of unbranched alkanes of at least 4 members (excludes halogenated alkanes) is 15. The maximum atomic E-state index is 15.0. The Balaban J connectivity index is 1.69. The van der Waals surface area contributed by atoms with Crippen LogP contribution in [0.1, 0.15) is 211 Å². The highest BCUT2D eigenvalue weighted by atomic mass is 16.2. The number of carbonyl (C=O) groups excluding carboxylic acids is 2. The predicted molar refractivity (Wildman–Crippen MR) is 239 cm³/mol. The number of amides is 2. The number of anilines is 2. The van der Waals surface area contributed by atoms with Crippen LogP contribution >= 0.6 is 0 Å². The molecule has 306 valence electrons. The van der Waals surface area contributed by atoms with E-state index in [1.807, 2.05) is 0 Å². The lowest BCUT2D eigenvalue weighted by atomic mass is 9.93. The van der Waals surface area contributed by atoms with Crippen LogP contribution in [0.4, 0.5) is 11.4 Å². The molecule has 4 heteroatoms. The molecule has 2 amide bonds. The summed E-state index contributed by atoms with van der Waals surface area (Å²) in [7, 11) is 0. The molecule has 2 aromatic rings. The van der Waals surface area contributed by atoms with E-state index in [9.17, 15) is 0 Å². The van der Waals surface area contributed by atoms with Gasteiger partial charge < -0.3 is 9.80 Å². The molecule has 55 heavy (non-hydrogen) atoms. The van der Waals surface area contributed by atoms with Crippen LogP contribution in [0.2, 0.25) is 0 Å². The van der Waals surface area contributed by atoms with Gasteiger partial charge >= 0.3 is 0 Å². The minimum absolute atomic E-state index is 0.0340. The molecule has 0 radical (unpaired) electrons. The monoisotopic (exact) mass is 753 g/mol. The molecule has 2 heterocycles. The standard InChI is InChI=1S/C51H80N2O2/c1-7-13-17-21-23-27-31-43(29-25-20-16-10-4)39-53-47-37-41(12-6)33-35-45(47)49(51(53)55)48-44-34-32-40(11-5)36-46(44)52(50(48)54)38-42(28-24-19-15-9-3)30-26-22-18-14-8-2/h32-37,42-43H,7-31,38-39H2,1-6H3. The Morgan fingerprint density at radius 3 is 1.05 bits per heavy atom. The van der Waals surface area contributed by atoms with Crippen molar-refractivity contribution in [2.45, 2.75) is 202 Å². The van der Waals surface area contributed by atoms with Crippen molar-refractivity contribution < 1.29 is 9.59 Å². The van der Waals surface area contributed by atoms with Gasteiger partial charge in [-0.3, -0.25) is 9.59 Å². The van der Waals surface area contributed by atoms with Crippen molar-refractivity contribution in [2.24, 2.45) is 11.8 Å². The van der Waals surface area contributed by atoms with E-state index in [-0.39, 0.29) is 11.8 Å². The molecule has 0 N–H and O–H groups in total. The van der Waals surface area contributed by atoms with Crippen LogP contribution in [-0.4, -0.2) is 24.9 Å². The SMILES string of the molecule is CCCCCCCCC(CCCCCC)CN1C(=O)C(=C2C(=O)N(CC(CCCCCC)CCCCCCC)c3cc(CC)ccc32)c2ccc(CC)cc21. The molecule has 0 saturated carbocycles. The summed E-state index contributed by atoms with van der Waals surface area (Å²) >= 11 is 0. The molecule has 0 aliphatic carbocycles. The van der Waals surface area contributed by atoms with Crippen molar-refractivity contribution in [1.29, 1.82) is 0 Å². The molecule has 2 aliphatic heterocycles.